The van der Waals surface area contributed by atoms with Gasteiger partial charge < -0.3 is 15.0 Å². The van der Waals surface area contributed by atoms with Crippen LogP contribution in [0.1, 0.15) is 24.8 Å². The molecule has 0 aliphatic carbocycles. The van der Waals surface area contributed by atoms with Crippen molar-refractivity contribution in [3.8, 4) is 0 Å². The van der Waals surface area contributed by atoms with E-state index in [1.807, 2.05) is 55.5 Å². The molecule has 1 atom stereocenters. The van der Waals surface area contributed by atoms with Crippen molar-refractivity contribution in [2.45, 2.75) is 19.3 Å². The highest BCUT2D eigenvalue weighted by atomic mass is 16.5. The third-order valence-corrected chi connectivity index (χ3v) is 5.12. The molecule has 0 radical (unpaired) electrons. The van der Waals surface area contributed by atoms with Crippen LogP contribution >= 0.6 is 0 Å². The molecular formula is C22H24N4O2. The Morgan fingerprint density at radius 1 is 1.14 bits per heavy atom. The maximum absolute atomic E-state index is 12.8. The SMILES string of the molecule is CC[C@@H](C(=O)Nc1ccc2c(N3CCOCC3)ncnc2c1)c1ccccc1. The molecule has 4 rings (SSSR count). The number of fused-ring (bicyclic) bond motifs is 1. The van der Waals surface area contributed by atoms with E-state index in [0.717, 1.165) is 47.5 Å². The number of morpholine rings is 1. The van der Waals surface area contributed by atoms with Gasteiger partial charge in [0.25, 0.3) is 0 Å². The van der Waals surface area contributed by atoms with Gasteiger partial charge >= 0.3 is 0 Å². The van der Waals surface area contributed by atoms with Crippen molar-refractivity contribution in [2.75, 3.05) is 36.5 Å². The largest absolute Gasteiger partial charge is 0.378 e. The molecule has 1 fully saturated rings. The topological polar surface area (TPSA) is 67.4 Å². The molecule has 0 unspecified atom stereocenters. The van der Waals surface area contributed by atoms with Crippen molar-refractivity contribution in [3.05, 3.63) is 60.4 Å². The molecule has 1 aliphatic rings. The van der Waals surface area contributed by atoms with E-state index in [1.54, 1.807) is 6.33 Å². The molecule has 0 spiro atoms. The summed E-state index contributed by atoms with van der Waals surface area (Å²) in [5, 5.41) is 4.03. The predicted molar refractivity (Wildman–Crippen MR) is 111 cm³/mol. The monoisotopic (exact) mass is 376 g/mol. The summed E-state index contributed by atoms with van der Waals surface area (Å²) in [5.41, 5.74) is 2.60. The fourth-order valence-electron chi connectivity index (χ4n) is 3.63. The third-order valence-electron chi connectivity index (χ3n) is 5.12. The molecule has 28 heavy (non-hydrogen) atoms. The second-order valence-corrected chi connectivity index (χ2v) is 6.89. The molecule has 1 saturated heterocycles. The first-order chi connectivity index (χ1) is 13.8. The van der Waals surface area contributed by atoms with Crippen molar-refractivity contribution < 1.29 is 9.53 Å². The molecule has 6 nitrogen and oxygen atoms in total. The van der Waals surface area contributed by atoms with Crippen LogP contribution in [0.2, 0.25) is 0 Å². The van der Waals surface area contributed by atoms with E-state index in [0.29, 0.717) is 13.2 Å². The number of rotatable bonds is 5. The third kappa shape index (κ3) is 3.82. The predicted octanol–water partition coefficient (Wildman–Crippen LogP) is 3.60. The number of hydrogen-bond donors (Lipinski definition) is 1. The number of hydrogen-bond acceptors (Lipinski definition) is 5. The lowest BCUT2D eigenvalue weighted by Gasteiger charge is -2.28. The van der Waals surface area contributed by atoms with Crippen molar-refractivity contribution in [1.82, 2.24) is 9.97 Å². The van der Waals surface area contributed by atoms with Gasteiger partial charge in [-0.25, -0.2) is 9.97 Å². The molecule has 3 aromatic rings. The van der Waals surface area contributed by atoms with Gasteiger partial charge in [0.05, 0.1) is 24.6 Å². The van der Waals surface area contributed by atoms with Crippen LogP contribution in [0, 0.1) is 0 Å². The van der Waals surface area contributed by atoms with Gasteiger partial charge in [-0.05, 0) is 30.2 Å². The Hall–Kier alpha value is -2.99. The molecule has 1 amide bonds. The van der Waals surface area contributed by atoms with E-state index in [1.165, 1.54) is 0 Å². The Morgan fingerprint density at radius 3 is 2.68 bits per heavy atom. The lowest BCUT2D eigenvalue weighted by Crippen LogP contribution is -2.36. The summed E-state index contributed by atoms with van der Waals surface area (Å²) in [6.07, 6.45) is 2.32. The lowest BCUT2D eigenvalue weighted by molar-refractivity contribution is -0.117. The minimum atomic E-state index is -0.175. The first kappa shape index (κ1) is 18.4. The number of nitrogens with zero attached hydrogens (tertiary/aromatic N) is 3. The van der Waals surface area contributed by atoms with E-state index < -0.39 is 0 Å². The second-order valence-electron chi connectivity index (χ2n) is 6.89. The van der Waals surface area contributed by atoms with Gasteiger partial charge in [0.1, 0.15) is 12.1 Å². The summed E-state index contributed by atoms with van der Waals surface area (Å²) in [7, 11) is 0. The summed E-state index contributed by atoms with van der Waals surface area (Å²) in [5.74, 6) is 0.739. The van der Waals surface area contributed by atoms with E-state index in [4.69, 9.17) is 4.74 Å². The summed E-state index contributed by atoms with van der Waals surface area (Å²) in [4.78, 5) is 23.9. The summed E-state index contributed by atoms with van der Waals surface area (Å²) in [6.45, 7) is 5.08. The first-order valence-corrected chi connectivity index (χ1v) is 9.69. The number of amides is 1. The lowest BCUT2D eigenvalue weighted by atomic mass is 9.95. The average molecular weight is 376 g/mol. The Kier molecular flexibility index (Phi) is 5.48. The Labute approximate surface area is 164 Å². The number of benzene rings is 2. The average Bonchev–Trinajstić information content (AvgIpc) is 2.75. The van der Waals surface area contributed by atoms with Gasteiger partial charge in [-0.1, -0.05) is 37.3 Å². The van der Waals surface area contributed by atoms with E-state index in [-0.39, 0.29) is 11.8 Å². The fraction of sp³-hybridized carbons (Fsp3) is 0.318. The smallest absolute Gasteiger partial charge is 0.231 e. The number of ether oxygens (including phenoxy) is 1. The van der Waals surface area contributed by atoms with E-state index in [9.17, 15) is 4.79 Å². The summed E-state index contributed by atoms with van der Waals surface area (Å²) < 4.78 is 5.43. The van der Waals surface area contributed by atoms with Crippen LogP contribution in [-0.2, 0) is 9.53 Å². The summed E-state index contributed by atoms with van der Waals surface area (Å²) in [6, 6.07) is 15.7. The molecule has 1 aliphatic heterocycles. The number of aromatic nitrogens is 2. The Balaban J connectivity index is 1.57. The fourth-order valence-corrected chi connectivity index (χ4v) is 3.63. The van der Waals surface area contributed by atoms with Crippen molar-refractivity contribution in [3.63, 3.8) is 0 Å². The van der Waals surface area contributed by atoms with Crippen LogP contribution in [0.5, 0.6) is 0 Å². The molecule has 2 heterocycles. The molecule has 144 valence electrons. The maximum atomic E-state index is 12.8. The van der Waals surface area contributed by atoms with Gasteiger partial charge in [0, 0.05) is 24.2 Å². The van der Waals surface area contributed by atoms with Crippen molar-refractivity contribution in [2.24, 2.45) is 0 Å². The van der Waals surface area contributed by atoms with Gasteiger partial charge in [-0.2, -0.15) is 0 Å². The second kappa shape index (κ2) is 8.35. The van der Waals surface area contributed by atoms with Gasteiger partial charge in [0.15, 0.2) is 0 Å². The van der Waals surface area contributed by atoms with Crippen molar-refractivity contribution in [1.29, 1.82) is 0 Å². The minimum Gasteiger partial charge on any atom is -0.378 e. The normalized spacial score (nSPS) is 15.4. The number of carbonyl (C=O) groups excluding carboxylic acids is 1. The van der Waals surface area contributed by atoms with Crippen LogP contribution in [0.4, 0.5) is 11.5 Å². The van der Waals surface area contributed by atoms with Crippen LogP contribution in [0.3, 0.4) is 0 Å². The molecule has 2 aromatic carbocycles. The van der Waals surface area contributed by atoms with Crippen LogP contribution < -0.4 is 10.2 Å². The Bertz CT molecular complexity index is 955. The zero-order valence-corrected chi connectivity index (χ0v) is 16.0. The Morgan fingerprint density at radius 2 is 1.93 bits per heavy atom. The highest BCUT2D eigenvalue weighted by Crippen LogP contribution is 2.27. The first-order valence-electron chi connectivity index (χ1n) is 9.69. The van der Waals surface area contributed by atoms with Crippen molar-refractivity contribution >= 4 is 28.3 Å². The number of anilines is 2. The molecular weight excluding hydrogens is 352 g/mol. The zero-order valence-electron chi connectivity index (χ0n) is 16.0. The van der Waals surface area contributed by atoms with Crippen LogP contribution in [0.25, 0.3) is 10.9 Å². The highest BCUT2D eigenvalue weighted by molar-refractivity contribution is 5.99. The van der Waals surface area contributed by atoms with E-state index in [2.05, 4.69) is 20.2 Å². The molecule has 1 aromatic heterocycles. The van der Waals surface area contributed by atoms with E-state index >= 15 is 0 Å². The number of nitrogens with one attached hydrogen (secondary N) is 1. The molecule has 6 heteroatoms. The number of carbonyl (C=O) groups is 1. The zero-order chi connectivity index (χ0) is 19.3. The summed E-state index contributed by atoms with van der Waals surface area (Å²) >= 11 is 0. The highest BCUT2D eigenvalue weighted by Gasteiger charge is 2.19. The van der Waals surface area contributed by atoms with Gasteiger partial charge in [-0.15, -0.1) is 0 Å². The van der Waals surface area contributed by atoms with Crippen LogP contribution in [0.15, 0.2) is 54.9 Å². The quantitative estimate of drug-likeness (QED) is 0.737. The van der Waals surface area contributed by atoms with Crippen LogP contribution in [-0.4, -0.2) is 42.2 Å². The molecule has 0 saturated carbocycles. The van der Waals surface area contributed by atoms with Gasteiger partial charge in [-0.3, -0.25) is 4.79 Å². The maximum Gasteiger partial charge on any atom is 0.231 e. The standard InChI is InChI=1S/C22H24N4O2/c1-2-18(16-6-4-3-5-7-16)22(27)25-17-8-9-19-20(14-17)23-15-24-21(19)26-10-12-28-13-11-26/h3-9,14-15,18H,2,10-13H2,1H3,(H,25,27)/t18-/m1/s1. The molecule has 1 N–H and O–H groups in total. The van der Waals surface area contributed by atoms with Gasteiger partial charge in [0.2, 0.25) is 5.91 Å². The molecule has 0 bridgehead atoms. The minimum absolute atomic E-state index is 0.00416.